The van der Waals surface area contributed by atoms with Gasteiger partial charge in [-0.3, -0.25) is 14.3 Å². The molecule has 0 spiro atoms. The molecule has 182 valence electrons. The van der Waals surface area contributed by atoms with E-state index in [4.69, 9.17) is 9.84 Å². The van der Waals surface area contributed by atoms with Crippen molar-refractivity contribution in [3.8, 4) is 11.1 Å². The molecule has 0 saturated heterocycles. The van der Waals surface area contributed by atoms with Crippen LogP contribution in [0.4, 0.5) is 10.5 Å². The maximum Gasteiger partial charge on any atom is 0.407 e. The number of anilines is 1. The number of amides is 2. The predicted molar refractivity (Wildman–Crippen MR) is 130 cm³/mol. The van der Waals surface area contributed by atoms with E-state index in [1.807, 2.05) is 50.2 Å². The van der Waals surface area contributed by atoms with E-state index in [1.54, 1.807) is 0 Å². The first-order valence-electron chi connectivity index (χ1n) is 11.5. The number of nitrogens with zero attached hydrogens (tertiary/aromatic N) is 2. The van der Waals surface area contributed by atoms with E-state index < -0.39 is 24.0 Å². The van der Waals surface area contributed by atoms with E-state index in [1.165, 1.54) is 17.1 Å². The summed E-state index contributed by atoms with van der Waals surface area (Å²) in [6, 6.07) is 15.3. The second-order valence-corrected chi connectivity index (χ2v) is 8.64. The molecule has 3 aromatic rings. The quantitative estimate of drug-likeness (QED) is 0.431. The molecule has 9 heteroatoms. The van der Waals surface area contributed by atoms with Crippen LogP contribution < -0.4 is 10.6 Å². The molecule has 1 aromatic heterocycles. The van der Waals surface area contributed by atoms with E-state index in [2.05, 4.69) is 27.9 Å². The van der Waals surface area contributed by atoms with Crippen LogP contribution >= 0.6 is 0 Å². The summed E-state index contributed by atoms with van der Waals surface area (Å²) >= 11 is 0. The largest absolute Gasteiger partial charge is 0.480 e. The van der Waals surface area contributed by atoms with E-state index in [-0.39, 0.29) is 25.0 Å². The monoisotopic (exact) mass is 476 g/mol. The molecule has 0 radical (unpaired) electrons. The van der Waals surface area contributed by atoms with Crippen molar-refractivity contribution in [2.45, 2.75) is 38.8 Å². The molecule has 35 heavy (non-hydrogen) atoms. The van der Waals surface area contributed by atoms with Crippen molar-refractivity contribution in [1.29, 1.82) is 0 Å². The number of rotatable bonds is 9. The summed E-state index contributed by atoms with van der Waals surface area (Å²) in [5.41, 5.74) is 4.83. The number of ether oxygens (including phenoxy) is 1. The van der Waals surface area contributed by atoms with Crippen LogP contribution in [0.1, 0.15) is 37.3 Å². The van der Waals surface area contributed by atoms with Crippen LogP contribution in [0.15, 0.2) is 60.9 Å². The summed E-state index contributed by atoms with van der Waals surface area (Å²) in [5, 5.41) is 18.2. The molecular formula is C26H28N4O5. The highest BCUT2D eigenvalue weighted by molar-refractivity contribution is 5.96. The number of carbonyl (C=O) groups is 3. The molecule has 2 aromatic carbocycles. The molecule has 0 unspecified atom stereocenters. The van der Waals surface area contributed by atoms with Gasteiger partial charge < -0.3 is 20.5 Å². The SMILES string of the molecule is CC[C@H](C)[C@H](NC(=O)OCC1c2ccccc2-c2ccccc21)C(=O)Nc1cnn(CC(=O)O)c1. The maximum absolute atomic E-state index is 12.9. The lowest BCUT2D eigenvalue weighted by atomic mass is 9.98. The molecular weight excluding hydrogens is 448 g/mol. The standard InChI is InChI=1S/C26H28N4O5/c1-3-16(2)24(25(33)28-17-12-27-30(13-17)14-23(31)32)29-26(34)35-15-22-20-10-6-4-8-18(20)19-9-5-7-11-21(19)22/h4-13,16,22,24H,3,14-15H2,1-2H3,(H,28,33)(H,29,34)(H,31,32)/t16-,24-/m0/s1. The molecule has 4 rings (SSSR count). The van der Waals surface area contributed by atoms with Gasteiger partial charge in [0.1, 0.15) is 19.2 Å². The Morgan fingerprint density at radius 1 is 1.09 bits per heavy atom. The Morgan fingerprint density at radius 3 is 2.31 bits per heavy atom. The molecule has 2 atom stereocenters. The Labute approximate surface area is 203 Å². The van der Waals surface area contributed by atoms with Gasteiger partial charge in [0, 0.05) is 12.1 Å². The summed E-state index contributed by atoms with van der Waals surface area (Å²) in [7, 11) is 0. The molecule has 0 bridgehead atoms. The number of nitrogens with one attached hydrogen (secondary N) is 2. The van der Waals surface area contributed by atoms with Gasteiger partial charge in [0.25, 0.3) is 0 Å². The van der Waals surface area contributed by atoms with E-state index in [0.29, 0.717) is 12.1 Å². The lowest BCUT2D eigenvalue weighted by Crippen LogP contribution is -2.48. The molecule has 0 aliphatic heterocycles. The highest BCUT2D eigenvalue weighted by Gasteiger charge is 2.31. The van der Waals surface area contributed by atoms with E-state index in [9.17, 15) is 14.4 Å². The molecule has 3 N–H and O–H groups in total. The lowest BCUT2D eigenvalue weighted by molar-refractivity contribution is -0.137. The predicted octanol–water partition coefficient (Wildman–Crippen LogP) is 3.86. The van der Waals surface area contributed by atoms with Crippen LogP contribution in [0.5, 0.6) is 0 Å². The van der Waals surface area contributed by atoms with Gasteiger partial charge in [-0.25, -0.2) is 4.79 Å². The van der Waals surface area contributed by atoms with Crippen molar-refractivity contribution >= 4 is 23.7 Å². The second-order valence-electron chi connectivity index (χ2n) is 8.64. The van der Waals surface area contributed by atoms with Crippen LogP contribution in [0, 0.1) is 5.92 Å². The summed E-state index contributed by atoms with van der Waals surface area (Å²) in [4.78, 5) is 36.5. The summed E-state index contributed by atoms with van der Waals surface area (Å²) < 4.78 is 6.80. The minimum atomic E-state index is -1.04. The number of aliphatic carboxylic acids is 1. The van der Waals surface area contributed by atoms with Crippen molar-refractivity contribution in [3.63, 3.8) is 0 Å². The fraction of sp³-hybridized carbons (Fsp3) is 0.308. The molecule has 1 aliphatic carbocycles. The summed E-state index contributed by atoms with van der Waals surface area (Å²) in [5.74, 6) is -1.71. The minimum Gasteiger partial charge on any atom is -0.480 e. The van der Waals surface area contributed by atoms with Crippen molar-refractivity contribution in [2.75, 3.05) is 11.9 Å². The van der Waals surface area contributed by atoms with Crippen molar-refractivity contribution in [2.24, 2.45) is 5.92 Å². The average Bonchev–Trinajstić information content (AvgIpc) is 3.41. The number of benzene rings is 2. The van der Waals surface area contributed by atoms with Gasteiger partial charge in [-0.15, -0.1) is 0 Å². The van der Waals surface area contributed by atoms with Gasteiger partial charge in [-0.2, -0.15) is 5.10 Å². The van der Waals surface area contributed by atoms with E-state index >= 15 is 0 Å². The normalized spacial score (nSPS) is 13.9. The number of fused-ring (bicyclic) bond motifs is 3. The molecule has 0 fully saturated rings. The zero-order valence-electron chi connectivity index (χ0n) is 19.6. The van der Waals surface area contributed by atoms with Crippen molar-refractivity contribution in [3.05, 3.63) is 72.1 Å². The van der Waals surface area contributed by atoms with Gasteiger partial charge in [0.15, 0.2) is 0 Å². The number of hydrogen-bond donors (Lipinski definition) is 3. The Balaban J connectivity index is 1.41. The fourth-order valence-electron chi connectivity index (χ4n) is 4.34. The van der Waals surface area contributed by atoms with Gasteiger partial charge in [0.2, 0.25) is 5.91 Å². The topological polar surface area (TPSA) is 123 Å². The van der Waals surface area contributed by atoms with Gasteiger partial charge in [-0.1, -0.05) is 68.8 Å². The number of aromatic nitrogens is 2. The lowest BCUT2D eigenvalue weighted by Gasteiger charge is -2.23. The molecule has 9 nitrogen and oxygen atoms in total. The zero-order valence-corrected chi connectivity index (χ0v) is 19.6. The summed E-state index contributed by atoms with van der Waals surface area (Å²) in [6.45, 7) is 3.62. The number of carbonyl (C=O) groups excluding carboxylic acids is 2. The van der Waals surface area contributed by atoms with Crippen molar-refractivity contribution < 1.29 is 24.2 Å². The molecule has 1 heterocycles. The number of alkyl carbamates (subject to hydrolysis) is 1. The van der Waals surface area contributed by atoms with E-state index in [0.717, 1.165) is 22.3 Å². The number of carboxylic acid groups (broad SMARTS) is 1. The summed E-state index contributed by atoms with van der Waals surface area (Å²) in [6.07, 6.45) is 2.77. The van der Waals surface area contributed by atoms with Crippen LogP contribution in [-0.2, 0) is 20.9 Å². The zero-order chi connectivity index (χ0) is 24.9. The second kappa shape index (κ2) is 10.4. The van der Waals surface area contributed by atoms with Gasteiger partial charge >= 0.3 is 12.1 Å². The average molecular weight is 477 g/mol. The van der Waals surface area contributed by atoms with Gasteiger partial charge in [-0.05, 0) is 28.2 Å². The highest BCUT2D eigenvalue weighted by Crippen LogP contribution is 2.44. The first-order valence-corrected chi connectivity index (χ1v) is 11.5. The fourth-order valence-corrected chi connectivity index (χ4v) is 4.34. The van der Waals surface area contributed by atoms with Crippen LogP contribution in [0.2, 0.25) is 0 Å². The van der Waals surface area contributed by atoms with Crippen LogP contribution in [0.3, 0.4) is 0 Å². The Morgan fingerprint density at radius 2 is 1.71 bits per heavy atom. The third-order valence-corrected chi connectivity index (χ3v) is 6.31. The Bertz CT molecular complexity index is 1190. The molecule has 2 amide bonds. The molecule has 0 saturated carbocycles. The van der Waals surface area contributed by atoms with Crippen LogP contribution in [-0.4, -0.2) is 45.5 Å². The highest BCUT2D eigenvalue weighted by atomic mass is 16.5. The minimum absolute atomic E-state index is 0.0795. The number of carboxylic acids is 1. The maximum atomic E-state index is 12.9. The van der Waals surface area contributed by atoms with Crippen LogP contribution in [0.25, 0.3) is 11.1 Å². The first kappa shape index (κ1) is 24.0. The smallest absolute Gasteiger partial charge is 0.407 e. The van der Waals surface area contributed by atoms with Crippen molar-refractivity contribution in [1.82, 2.24) is 15.1 Å². The Hall–Kier alpha value is -4.14. The Kier molecular flexibility index (Phi) is 7.14. The molecule has 1 aliphatic rings. The third kappa shape index (κ3) is 5.34. The number of hydrogen-bond acceptors (Lipinski definition) is 5. The van der Waals surface area contributed by atoms with Gasteiger partial charge in [0.05, 0.1) is 11.9 Å². The third-order valence-electron chi connectivity index (χ3n) is 6.31. The first-order chi connectivity index (χ1) is 16.9.